The first kappa shape index (κ1) is 14.4. The Morgan fingerprint density at radius 1 is 1.30 bits per heavy atom. The lowest BCUT2D eigenvalue weighted by Gasteiger charge is -2.06. The average Bonchev–Trinajstić information content (AvgIpc) is 2.82. The molecule has 2 aromatic rings. The van der Waals surface area contributed by atoms with Crippen LogP contribution in [0.15, 0.2) is 23.6 Å². The quantitative estimate of drug-likeness (QED) is 0.879. The third-order valence-corrected chi connectivity index (χ3v) is 3.72. The predicted octanol–water partition coefficient (Wildman–Crippen LogP) is 3.14. The van der Waals surface area contributed by atoms with Crippen molar-refractivity contribution in [2.75, 3.05) is 5.32 Å². The molecule has 5 heteroatoms. The van der Waals surface area contributed by atoms with E-state index in [2.05, 4.69) is 10.3 Å². The Labute approximate surface area is 121 Å². The summed E-state index contributed by atoms with van der Waals surface area (Å²) in [5.41, 5.74) is 3.61. The van der Waals surface area contributed by atoms with E-state index in [1.54, 1.807) is 5.38 Å². The molecule has 1 heterocycles. The number of anilines is 1. The van der Waals surface area contributed by atoms with Crippen LogP contribution < -0.4 is 5.32 Å². The number of nitrogens with zero attached hydrogens (tertiary/aromatic N) is 1. The number of thiazole rings is 1. The molecule has 1 aromatic carbocycles. The summed E-state index contributed by atoms with van der Waals surface area (Å²) in [6.07, 6.45) is 0.308. The second kappa shape index (κ2) is 5.96. The summed E-state index contributed by atoms with van der Waals surface area (Å²) in [4.78, 5) is 27.2. The zero-order chi connectivity index (χ0) is 14.7. The molecule has 0 saturated heterocycles. The van der Waals surface area contributed by atoms with E-state index in [-0.39, 0.29) is 11.7 Å². The molecular formula is C15H16N2O2S. The Morgan fingerprint density at radius 2 is 2.05 bits per heavy atom. The van der Waals surface area contributed by atoms with Crippen LogP contribution in [0.25, 0.3) is 0 Å². The minimum Gasteiger partial charge on any atom is -0.302 e. The molecule has 1 N–H and O–H groups in total. The van der Waals surface area contributed by atoms with Crippen LogP contribution in [0, 0.1) is 13.8 Å². The zero-order valence-corrected chi connectivity index (χ0v) is 12.5. The van der Waals surface area contributed by atoms with Gasteiger partial charge in [-0.2, -0.15) is 0 Å². The van der Waals surface area contributed by atoms with Crippen LogP contribution in [0.2, 0.25) is 0 Å². The molecule has 0 fully saturated rings. The van der Waals surface area contributed by atoms with Gasteiger partial charge in [-0.3, -0.25) is 9.59 Å². The van der Waals surface area contributed by atoms with Gasteiger partial charge >= 0.3 is 0 Å². The lowest BCUT2D eigenvalue weighted by atomic mass is 10.0. The molecule has 104 valence electrons. The van der Waals surface area contributed by atoms with E-state index in [1.165, 1.54) is 18.3 Å². The van der Waals surface area contributed by atoms with Crippen molar-refractivity contribution in [3.05, 3.63) is 46.0 Å². The molecule has 0 aliphatic carbocycles. The maximum absolute atomic E-state index is 12.0. The van der Waals surface area contributed by atoms with Gasteiger partial charge in [0.25, 0.3) is 0 Å². The number of rotatable bonds is 4. The largest absolute Gasteiger partial charge is 0.302 e. The second-order valence-corrected chi connectivity index (χ2v) is 5.61. The lowest BCUT2D eigenvalue weighted by Crippen LogP contribution is -2.15. The first-order valence-electron chi connectivity index (χ1n) is 6.28. The molecule has 0 saturated carbocycles. The van der Waals surface area contributed by atoms with Crippen molar-refractivity contribution in [2.45, 2.75) is 27.2 Å². The van der Waals surface area contributed by atoms with Gasteiger partial charge in [0, 0.05) is 12.3 Å². The van der Waals surface area contributed by atoms with E-state index in [1.807, 2.05) is 32.0 Å². The number of nitrogens with one attached hydrogen (secondary N) is 1. The van der Waals surface area contributed by atoms with Crippen LogP contribution in [0.1, 0.15) is 34.1 Å². The third kappa shape index (κ3) is 3.51. The van der Waals surface area contributed by atoms with Crippen molar-refractivity contribution < 1.29 is 9.59 Å². The number of hydrogen-bond donors (Lipinski definition) is 1. The number of carbonyl (C=O) groups is 2. The number of hydrogen-bond acceptors (Lipinski definition) is 4. The van der Waals surface area contributed by atoms with E-state index < -0.39 is 0 Å². The summed E-state index contributed by atoms with van der Waals surface area (Å²) < 4.78 is 0. The van der Waals surface area contributed by atoms with Crippen molar-refractivity contribution in [3.63, 3.8) is 0 Å². The van der Waals surface area contributed by atoms with Gasteiger partial charge in [-0.25, -0.2) is 4.98 Å². The first-order valence-corrected chi connectivity index (χ1v) is 7.16. The van der Waals surface area contributed by atoms with Gasteiger partial charge in [-0.15, -0.1) is 11.3 Å². The fraction of sp³-hybridized carbons (Fsp3) is 0.267. The normalized spacial score (nSPS) is 10.3. The van der Waals surface area contributed by atoms with Gasteiger partial charge in [0.2, 0.25) is 5.91 Å². The molecule has 0 unspecified atom stereocenters. The highest BCUT2D eigenvalue weighted by atomic mass is 32.1. The Balaban J connectivity index is 2.05. The minimum atomic E-state index is -0.122. The number of benzene rings is 1. The summed E-state index contributed by atoms with van der Waals surface area (Å²) in [5.74, 6) is -0.223. The van der Waals surface area contributed by atoms with Gasteiger partial charge < -0.3 is 5.32 Å². The Morgan fingerprint density at radius 3 is 2.70 bits per heavy atom. The highest BCUT2D eigenvalue weighted by Gasteiger charge is 2.10. The van der Waals surface area contributed by atoms with Crippen LogP contribution in [-0.2, 0) is 11.2 Å². The summed E-state index contributed by atoms with van der Waals surface area (Å²) in [6, 6.07) is 6.05. The zero-order valence-electron chi connectivity index (χ0n) is 11.7. The Kier molecular flexibility index (Phi) is 4.29. The molecule has 4 nitrogen and oxygen atoms in total. The molecule has 1 amide bonds. The van der Waals surface area contributed by atoms with Gasteiger partial charge in [0.05, 0.1) is 6.42 Å². The van der Waals surface area contributed by atoms with Crippen LogP contribution >= 0.6 is 11.3 Å². The van der Waals surface area contributed by atoms with Crippen molar-refractivity contribution in [2.24, 2.45) is 0 Å². The van der Waals surface area contributed by atoms with Crippen LogP contribution in [0.3, 0.4) is 0 Å². The minimum absolute atomic E-state index is 0.101. The Bertz CT molecular complexity index is 662. The van der Waals surface area contributed by atoms with Crippen LogP contribution in [0.5, 0.6) is 0 Å². The van der Waals surface area contributed by atoms with Crippen LogP contribution in [-0.4, -0.2) is 16.7 Å². The molecule has 0 atom stereocenters. The highest BCUT2D eigenvalue weighted by Crippen LogP contribution is 2.17. The molecule has 2 rings (SSSR count). The highest BCUT2D eigenvalue weighted by molar-refractivity contribution is 7.14. The van der Waals surface area contributed by atoms with Crippen molar-refractivity contribution in [3.8, 4) is 0 Å². The van der Waals surface area contributed by atoms with Gasteiger partial charge in [-0.1, -0.05) is 23.8 Å². The molecule has 0 aliphatic heterocycles. The number of ketones is 1. The standard InChI is InChI=1S/C15H16N2O2S/c1-9-4-5-10(2)12(6-9)7-14(19)17-15-16-13(8-20-15)11(3)18/h4-6,8H,7H2,1-3H3,(H,16,17,19). The average molecular weight is 288 g/mol. The molecule has 0 radical (unpaired) electrons. The van der Waals surface area contributed by atoms with E-state index in [9.17, 15) is 9.59 Å². The van der Waals surface area contributed by atoms with E-state index in [0.717, 1.165) is 16.7 Å². The number of Topliss-reactive ketones (excluding diaryl/α,β-unsaturated/α-hetero) is 1. The lowest BCUT2D eigenvalue weighted by molar-refractivity contribution is -0.115. The maximum Gasteiger partial charge on any atom is 0.230 e. The monoisotopic (exact) mass is 288 g/mol. The number of aromatic nitrogens is 1. The molecular weight excluding hydrogens is 272 g/mol. The predicted molar refractivity (Wildman–Crippen MR) is 80.4 cm³/mol. The van der Waals surface area contributed by atoms with Crippen molar-refractivity contribution >= 4 is 28.2 Å². The molecule has 0 bridgehead atoms. The summed E-state index contributed by atoms with van der Waals surface area (Å²) in [7, 11) is 0. The van der Waals surface area contributed by atoms with E-state index in [0.29, 0.717) is 17.2 Å². The summed E-state index contributed by atoms with van der Waals surface area (Å²) >= 11 is 1.26. The van der Waals surface area contributed by atoms with Crippen molar-refractivity contribution in [1.29, 1.82) is 0 Å². The molecule has 0 aliphatic rings. The van der Waals surface area contributed by atoms with E-state index in [4.69, 9.17) is 0 Å². The van der Waals surface area contributed by atoms with Gasteiger partial charge in [0.1, 0.15) is 5.69 Å². The van der Waals surface area contributed by atoms with Gasteiger partial charge in [-0.05, 0) is 25.0 Å². The third-order valence-electron chi connectivity index (χ3n) is 2.97. The summed E-state index contributed by atoms with van der Waals surface area (Å²) in [5, 5.41) is 4.84. The smallest absolute Gasteiger partial charge is 0.230 e. The fourth-order valence-corrected chi connectivity index (χ4v) is 2.59. The van der Waals surface area contributed by atoms with Crippen LogP contribution in [0.4, 0.5) is 5.13 Å². The number of carbonyl (C=O) groups excluding carboxylic acids is 2. The second-order valence-electron chi connectivity index (χ2n) is 4.75. The van der Waals surface area contributed by atoms with E-state index >= 15 is 0 Å². The topological polar surface area (TPSA) is 59.1 Å². The Hall–Kier alpha value is -2.01. The molecule has 1 aromatic heterocycles. The van der Waals surface area contributed by atoms with Gasteiger partial charge in [0.15, 0.2) is 10.9 Å². The number of amides is 1. The summed E-state index contributed by atoms with van der Waals surface area (Å²) in [6.45, 7) is 5.44. The molecule has 0 spiro atoms. The maximum atomic E-state index is 12.0. The fourth-order valence-electron chi connectivity index (χ4n) is 1.82. The molecule has 20 heavy (non-hydrogen) atoms. The van der Waals surface area contributed by atoms with Crippen molar-refractivity contribution in [1.82, 2.24) is 4.98 Å². The SMILES string of the molecule is CC(=O)c1csc(NC(=O)Cc2cc(C)ccc2C)n1. The first-order chi connectivity index (χ1) is 9.45. The number of aryl methyl sites for hydroxylation is 2.